The minimum Gasteiger partial charge on any atom is -0.375 e. The monoisotopic (exact) mass is 322 g/mol. The van der Waals surface area contributed by atoms with Gasteiger partial charge in [0, 0.05) is 16.1 Å². The number of nitrogens with zero attached hydrogens (tertiary/aromatic N) is 2. The van der Waals surface area contributed by atoms with Crippen molar-refractivity contribution in [1.82, 2.24) is 9.97 Å². The number of anilines is 3. The van der Waals surface area contributed by atoms with Crippen molar-refractivity contribution in [1.29, 1.82) is 0 Å². The van der Waals surface area contributed by atoms with Crippen LogP contribution in [0.5, 0.6) is 0 Å². The normalized spacial score (nSPS) is 10.7. The number of hydrogen-bond donors (Lipinski definition) is 2. The van der Waals surface area contributed by atoms with Crippen molar-refractivity contribution < 1.29 is 0 Å². The van der Waals surface area contributed by atoms with Crippen LogP contribution in [0.3, 0.4) is 0 Å². The fraction of sp³-hybridized carbons (Fsp3) is 0.0769. The van der Waals surface area contributed by atoms with Crippen molar-refractivity contribution >= 4 is 50.2 Å². The fourth-order valence-electron chi connectivity index (χ4n) is 1.78. The molecule has 0 fully saturated rings. The van der Waals surface area contributed by atoms with E-state index in [1.165, 1.54) is 22.7 Å². The number of halogens is 1. The van der Waals surface area contributed by atoms with Gasteiger partial charge in [0.1, 0.15) is 0 Å². The van der Waals surface area contributed by atoms with Gasteiger partial charge in [0.25, 0.3) is 0 Å². The number of aryl methyl sites for hydroxylation is 1. The summed E-state index contributed by atoms with van der Waals surface area (Å²) >= 11 is 8.95. The van der Waals surface area contributed by atoms with Gasteiger partial charge < -0.3 is 11.1 Å². The lowest BCUT2D eigenvalue weighted by Crippen LogP contribution is -1.89. The minimum absolute atomic E-state index is 0.565. The van der Waals surface area contributed by atoms with Crippen molar-refractivity contribution in [2.45, 2.75) is 6.92 Å². The quantitative estimate of drug-likeness (QED) is 0.742. The maximum atomic E-state index is 5.96. The van der Waals surface area contributed by atoms with Crippen LogP contribution in [0.25, 0.3) is 10.6 Å². The third-order valence-electron chi connectivity index (χ3n) is 2.63. The van der Waals surface area contributed by atoms with Gasteiger partial charge in [-0.05, 0) is 25.1 Å². The van der Waals surface area contributed by atoms with E-state index in [0.717, 1.165) is 27.1 Å². The Bertz CT molecular complexity index is 750. The lowest BCUT2D eigenvalue weighted by atomic mass is 10.3. The molecular formula is C13H11ClN4S2. The zero-order chi connectivity index (χ0) is 14.1. The summed E-state index contributed by atoms with van der Waals surface area (Å²) in [5.41, 5.74) is 8.44. The Morgan fingerprint density at radius 3 is 2.85 bits per heavy atom. The second-order valence-electron chi connectivity index (χ2n) is 4.14. The molecule has 0 unspecified atom stereocenters. The SMILES string of the molecule is Cc1nc(N)sc1-c1csc(Nc2cccc(Cl)c2)n1. The molecule has 3 aromatic rings. The zero-order valence-electron chi connectivity index (χ0n) is 10.6. The van der Waals surface area contributed by atoms with E-state index in [1.54, 1.807) is 0 Å². The molecular weight excluding hydrogens is 312 g/mol. The van der Waals surface area contributed by atoms with Crippen LogP contribution in [0.2, 0.25) is 5.02 Å². The molecule has 0 bridgehead atoms. The Labute approximate surface area is 129 Å². The molecule has 2 aromatic heterocycles. The van der Waals surface area contributed by atoms with Gasteiger partial charge in [0.15, 0.2) is 10.3 Å². The smallest absolute Gasteiger partial charge is 0.187 e. The van der Waals surface area contributed by atoms with Gasteiger partial charge in [-0.1, -0.05) is 29.0 Å². The van der Waals surface area contributed by atoms with E-state index in [-0.39, 0.29) is 0 Å². The number of aromatic nitrogens is 2. The van der Waals surface area contributed by atoms with E-state index in [1.807, 2.05) is 36.6 Å². The average Bonchev–Trinajstić information content (AvgIpc) is 2.96. The van der Waals surface area contributed by atoms with Crippen molar-refractivity contribution in [3.8, 4) is 10.6 Å². The Kier molecular flexibility index (Phi) is 3.60. The number of hydrogen-bond acceptors (Lipinski definition) is 6. The number of nitrogen functional groups attached to an aromatic ring is 1. The van der Waals surface area contributed by atoms with Crippen LogP contribution in [0.15, 0.2) is 29.6 Å². The summed E-state index contributed by atoms with van der Waals surface area (Å²) in [4.78, 5) is 9.79. The molecule has 3 rings (SSSR count). The third-order valence-corrected chi connectivity index (χ3v) is 4.63. The zero-order valence-corrected chi connectivity index (χ0v) is 12.9. The van der Waals surface area contributed by atoms with Crippen LogP contribution in [0.1, 0.15) is 5.69 Å². The highest BCUT2D eigenvalue weighted by Crippen LogP contribution is 2.34. The molecule has 0 radical (unpaired) electrons. The molecule has 102 valence electrons. The molecule has 0 aliphatic carbocycles. The molecule has 0 atom stereocenters. The van der Waals surface area contributed by atoms with E-state index in [9.17, 15) is 0 Å². The number of nitrogens with one attached hydrogen (secondary N) is 1. The summed E-state index contributed by atoms with van der Waals surface area (Å²) in [6, 6.07) is 7.54. The second-order valence-corrected chi connectivity index (χ2v) is 6.47. The van der Waals surface area contributed by atoms with E-state index in [4.69, 9.17) is 17.3 Å². The lowest BCUT2D eigenvalue weighted by molar-refractivity contribution is 1.26. The summed E-state index contributed by atoms with van der Waals surface area (Å²) in [5, 5.41) is 7.30. The molecule has 0 saturated heterocycles. The maximum absolute atomic E-state index is 5.96. The van der Waals surface area contributed by atoms with Crippen LogP contribution in [-0.2, 0) is 0 Å². The van der Waals surface area contributed by atoms with E-state index >= 15 is 0 Å². The molecule has 0 amide bonds. The Morgan fingerprint density at radius 1 is 1.30 bits per heavy atom. The standard InChI is InChI=1S/C13H11ClN4S2/c1-7-11(20-12(15)16-7)10-6-19-13(18-10)17-9-4-2-3-8(14)5-9/h2-6H,1H3,(H2,15,16)(H,17,18). The van der Waals surface area contributed by atoms with Crippen molar-refractivity contribution in [3.63, 3.8) is 0 Å². The molecule has 2 heterocycles. The maximum Gasteiger partial charge on any atom is 0.187 e. The highest BCUT2D eigenvalue weighted by Gasteiger charge is 2.11. The van der Waals surface area contributed by atoms with Crippen LogP contribution < -0.4 is 11.1 Å². The van der Waals surface area contributed by atoms with Crippen LogP contribution in [0.4, 0.5) is 16.0 Å². The van der Waals surface area contributed by atoms with E-state index < -0.39 is 0 Å². The largest absolute Gasteiger partial charge is 0.375 e. The fourth-order valence-corrected chi connectivity index (χ4v) is 3.56. The van der Waals surface area contributed by atoms with Gasteiger partial charge in [-0.15, -0.1) is 11.3 Å². The van der Waals surface area contributed by atoms with Crippen LogP contribution in [-0.4, -0.2) is 9.97 Å². The molecule has 0 spiro atoms. The first-order chi connectivity index (χ1) is 9.61. The van der Waals surface area contributed by atoms with Gasteiger partial charge in [-0.3, -0.25) is 0 Å². The van der Waals surface area contributed by atoms with E-state index in [2.05, 4.69) is 15.3 Å². The van der Waals surface area contributed by atoms with Gasteiger partial charge in [0.2, 0.25) is 0 Å². The van der Waals surface area contributed by atoms with Crippen LogP contribution in [0, 0.1) is 6.92 Å². The number of benzene rings is 1. The molecule has 1 aromatic carbocycles. The highest BCUT2D eigenvalue weighted by molar-refractivity contribution is 7.19. The van der Waals surface area contributed by atoms with Gasteiger partial charge in [-0.2, -0.15) is 0 Å². The number of thiazole rings is 2. The van der Waals surface area contributed by atoms with Crippen molar-refractivity contribution in [2.24, 2.45) is 0 Å². The Hall–Kier alpha value is -1.63. The molecule has 0 aliphatic heterocycles. The molecule has 0 aliphatic rings. The second kappa shape index (κ2) is 5.40. The summed E-state index contributed by atoms with van der Waals surface area (Å²) in [6.45, 7) is 1.94. The molecule has 7 heteroatoms. The topological polar surface area (TPSA) is 63.8 Å². The molecule has 4 nitrogen and oxygen atoms in total. The van der Waals surface area contributed by atoms with Gasteiger partial charge in [0.05, 0.1) is 16.3 Å². The first kappa shape index (κ1) is 13.4. The first-order valence-electron chi connectivity index (χ1n) is 5.83. The number of nitrogens with two attached hydrogens (primary N) is 1. The summed E-state index contributed by atoms with van der Waals surface area (Å²) in [7, 11) is 0. The Morgan fingerprint density at radius 2 is 2.15 bits per heavy atom. The minimum atomic E-state index is 0.565. The van der Waals surface area contributed by atoms with Crippen molar-refractivity contribution in [2.75, 3.05) is 11.1 Å². The van der Waals surface area contributed by atoms with Crippen molar-refractivity contribution in [3.05, 3.63) is 40.4 Å². The van der Waals surface area contributed by atoms with Gasteiger partial charge in [-0.25, -0.2) is 9.97 Å². The predicted octanol–water partition coefficient (Wildman–Crippen LogP) is 4.55. The highest BCUT2D eigenvalue weighted by atomic mass is 35.5. The lowest BCUT2D eigenvalue weighted by Gasteiger charge is -2.02. The summed E-state index contributed by atoms with van der Waals surface area (Å²) in [5.74, 6) is 0. The third kappa shape index (κ3) is 2.77. The van der Waals surface area contributed by atoms with Crippen LogP contribution >= 0.6 is 34.3 Å². The summed E-state index contributed by atoms with van der Waals surface area (Å²) in [6.07, 6.45) is 0. The molecule has 3 N–H and O–H groups in total. The van der Waals surface area contributed by atoms with Gasteiger partial charge >= 0.3 is 0 Å². The molecule has 0 saturated carbocycles. The molecule has 20 heavy (non-hydrogen) atoms. The van der Waals surface area contributed by atoms with E-state index in [0.29, 0.717) is 10.2 Å². The predicted molar refractivity (Wildman–Crippen MR) is 87.1 cm³/mol. The number of rotatable bonds is 3. The average molecular weight is 323 g/mol. The Balaban J connectivity index is 1.85. The first-order valence-corrected chi connectivity index (χ1v) is 7.90. The summed E-state index contributed by atoms with van der Waals surface area (Å²) < 4.78 is 0.